The molecule has 0 saturated heterocycles. The zero-order valence-corrected chi connectivity index (χ0v) is 14.7. The average Bonchev–Trinajstić information content (AvgIpc) is 2.65. The summed E-state index contributed by atoms with van der Waals surface area (Å²) in [4.78, 5) is 2.39. The van der Waals surface area contributed by atoms with E-state index in [4.69, 9.17) is 0 Å². The number of nitrogens with zero attached hydrogens (tertiary/aromatic N) is 1. The first-order valence-corrected chi connectivity index (χ1v) is 8.88. The van der Waals surface area contributed by atoms with Gasteiger partial charge in [0.2, 0.25) is 0 Å². The second-order valence-electron chi connectivity index (χ2n) is 6.80. The maximum absolute atomic E-state index is 3.93. The first-order valence-electron chi connectivity index (χ1n) is 8.88. The van der Waals surface area contributed by atoms with Crippen LogP contribution in [0.3, 0.4) is 0 Å². The monoisotopic (exact) mass is 325 g/mol. The third kappa shape index (κ3) is 2.98. The number of hydrogen-bond donors (Lipinski definition) is 0. The quantitative estimate of drug-likeness (QED) is 0.537. The molecule has 0 atom stereocenters. The second kappa shape index (κ2) is 6.60. The molecule has 25 heavy (non-hydrogen) atoms. The normalized spacial score (nSPS) is 12.8. The number of rotatable bonds is 5. The van der Waals surface area contributed by atoms with Crippen molar-refractivity contribution in [1.82, 2.24) is 0 Å². The average molecular weight is 325 g/mol. The Bertz CT molecular complexity index is 950. The van der Waals surface area contributed by atoms with Gasteiger partial charge in [0.15, 0.2) is 0 Å². The first-order chi connectivity index (χ1) is 12.3. The van der Waals surface area contributed by atoms with E-state index < -0.39 is 0 Å². The first kappa shape index (κ1) is 15.7. The molecule has 0 radical (unpaired) electrons. The molecule has 0 fully saturated rings. The molecule has 124 valence electrons. The lowest BCUT2D eigenvalue weighted by Gasteiger charge is -2.27. The van der Waals surface area contributed by atoms with Gasteiger partial charge >= 0.3 is 0 Å². The van der Waals surface area contributed by atoms with Crippen molar-refractivity contribution in [1.29, 1.82) is 0 Å². The molecule has 0 spiro atoms. The van der Waals surface area contributed by atoms with Crippen LogP contribution in [0.1, 0.15) is 16.7 Å². The van der Waals surface area contributed by atoms with E-state index in [1.165, 1.54) is 38.7 Å². The van der Waals surface area contributed by atoms with Gasteiger partial charge in [0, 0.05) is 18.8 Å². The number of aryl methyl sites for hydroxylation is 1. The summed E-state index contributed by atoms with van der Waals surface area (Å²) in [5.41, 5.74) is 6.85. The van der Waals surface area contributed by atoms with Crippen LogP contribution in [-0.4, -0.2) is 13.1 Å². The van der Waals surface area contributed by atoms with Crippen molar-refractivity contribution in [2.75, 3.05) is 18.0 Å². The molecule has 0 aromatic heterocycles. The smallest absolute Gasteiger partial charge is 0.0399 e. The molecule has 3 aromatic rings. The molecule has 1 nitrogen and oxygen atoms in total. The van der Waals surface area contributed by atoms with Gasteiger partial charge in [-0.15, -0.1) is 6.58 Å². The zero-order valence-electron chi connectivity index (χ0n) is 14.7. The number of anilines is 1. The largest absolute Gasteiger partial charge is 0.364 e. The predicted molar refractivity (Wildman–Crippen MR) is 109 cm³/mol. The minimum absolute atomic E-state index is 0.853. The fourth-order valence-electron chi connectivity index (χ4n) is 3.84. The number of benzene rings is 3. The Kier molecular flexibility index (Phi) is 4.15. The lowest BCUT2D eigenvalue weighted by Crippen LogP contribution is -2.26. The highest BCUT2D eigenvalue weighted by atomic mass is 15.1. The Hall–Kier alpha value is -2.80. The molecule has 1 aliphatic rings. The summed E-state index contributed by atoms with van der Waals surface area (Å²) >= 11 is 0. The van der Waals surface area contributed by atoms with Crippen molar-refractivity contribution in [2.24, 2.45) is 0 Å². The molecule has 1 heteroatoms. The van der Waals surface area contributed by atoms with Gasteiger partial charge in [-0.1, -0.05) is 60.7 Å². The summed E-state index contributed by atoms with van der Waals surface area (Å²) in [6, 6.07) is 21.8. The minimum atomic E-state index is 0.853. The van der Waals surface area contributed by atoms with E-state index >= 15 is 0 Å². The Labute approximate surface area is 149 Å². The number of hydrogen-bond acceptors (Lipinski definition) is 1. The Morgan fingerprint density at radius 1 is 1.00 bits per heavy atom. The van der Waals surface area contributed by atoms with E-state index in [9.17, 15) is 0 Å². The van der Waals surface area contributed by atoms with Crippen LogP contribution in [0.4, 0.5) is 5.69 Å². The van der Waals surface area contributed by atoms with Crippen molar-refractivity contribution >= 4 is 22.5 Å². The van der Waals surface area contributed by atoms with E-state index in [1.807, 2.05) is 6.08 Å². The van der Waals surface area contributed by atoms with Crippen LogP contribution < -0.4 is 4.90 Å². The molecular formula is C24H23N. The van der Waals surface area contributed by atoms with Gasteiger partial charge in [-0.2, -0.15) is 0 Å². The maximum Gasteiger partial charge on any atom is 0.0399 e. The molecule has 4 rings (SSSR count). The topological polar surface area (TPSA) is 3.24 Å². The summed E-state index contributed by atoms with van der Waals surface area (Å²) < 4.78 is 0. The highest BCUT2D eigenvalue weighted by Gasteiger charge is 2.16. The Morgan fingerprint density at radius 2 is 1.84 bits per heavy atom. The van der Waals surface area contributed by atoms with Crippen molar-refractivity contribution in [3.05, 3.63) is 95.6 Å². The van der Waals surface area contributed by atoms with Crippen LogP contribution in [-0.2, 0) is 6.42 Å². The fraction of sp³-hybridized carbons (Fsp3) is 0.167. The summed E-state index contributed by atoms with van der Waals surface area (Å²) in [5.74, 6) is 0. The van der Waals surface area contributed by atoms with E-state index in [1.54, 1.807) is 0 Å². The van der Waals surface area contributed by atoms with Gasteiger partial charge in [0.05, 0.1) is 0 Å². The highest BCUT2D eigenvalue weighted by Crippen LogP contribution is 2.33. The minimum Gasteiger partial charge on any atom is -0.364 e. The van der Waals surface area contributed by atoms with Crippen LogP contribution in [0.5, 0.6) is 0 Å². The lowest BCUT2D eigenvalue weighted by atomic mass is 9.87. The molecule has 3 aromatic carbocycles. The Balaban J connectivity index is 1.71. The van der Waals surface area contributed by atoms with Gasteiger partial charge in [-0.3, -0.25) is 0 Å². The van der Waals surface area contributed by atoms with Gasteiger partial charge in [-0.25, -0.2) is 0 Å². The van der Waals surface area contributed by atoms with Gasteiger partial charge < -0.3 is 4.90 Å². The van der Waals surface area contributed by atoms with Gasteiger partial charge in [0.25, 0.3) is 0 Å². The van der Waals surface area contributed by atoms with E-state index in [0.29, 0.717) is 0 Å². The van der Waals surface area contributed by atoms with Crippen LogP contribution in [0.2, 0.25) is 0 Å². The molecular weight excluding hydrogens is 302 g/mol. The summed E-state index contributed by atoms with van der Waals surface area (Å²) in [6.45, 7) is 7.92. The summed E-state index contributed by atoms with van der Waals surface area (Å²) in [7, 11) is 0. The number of para-hydroxylation sites is 1. The molecule has 1 aliphatic carbocycles. The van der Waals surface area contributed by atoms with Crippen LogP contribution >= 0.6 is 0 Å². The Morgan fingerprint density at radius 3 is 2.64 bits per heavy atom. The van der Waals surface area contributed by atoms with Crippen LogP contribution in [0.15, 0.2) is 78.9 Å². The predicted octanol–water partition coefficient (Wildman–Crippen LogP) is 5.78. The van der Waals surface area contributed by atoms with E-state index in [-0.39, 0.29) is 0 Å². The molecule has 0 heterocycles. The standard InChI is InChI=1S/C24H23N/c1-3-14-25(22-9-5-4-6-10-22)17-19-15-20-8-7-11-23-18(2)12-13-21(16-19)24(20)23/h3-13,16H,1,14-15,17H2,2H3. The lowest BCUT2D eigenvalue weighted by molar-refractivity contribution is 0.898. The van der Waals surface area contributed by atoms with Crippen molar-refractivity contribution in [2.45, 2.75) is 13.3 Å². The van der Waals surface area contributed by atoms with Crippen LogP contribution in [0, 0.1) is 6.92 Å². The maximum atomic E-state index is 3.93. The highest BCUT2D eigenvalue weighted by molar-refractivity contribution is 5.97. The zero-order chi connectivity index (χ0) is 17.2. The SMILES string of the molecule is C=CCN(CC1=Cc2ccc(C)c3cccc(c23)C1)c1ccccc1. The van der Waals surface area contributed by atoms with Gasteiger partial charge in [0.1, 0.15) is 0 Å². The van der Waals surface area contributed by atoms with Crippen molar-refractivity contribution in [3.63, 3.8) is 0 Å². The molecule has 0 N–H and O–H groups in total. The summed E-state index contributed by atoms with van der Waals surface area (Å²) in [5, 5.41) is 2.82. The molecule has 0 saturated carbocycles. The van der Waals surface area contributed by atoms with E-state index in [0.717, 1.165) is 19.5 Å². The fourth-order valence-corrected chi connectivity index (χ4v) is 3.84. The molecule has 0 bridgehead atoms. The van der Waals surface area contributed by atoms with Crippen molar-refractivity contribution < 1.29 is 0 Å². The van der Waals surface area contributed by atoms with Crippen LogP contribution in [0.25, 0.3) is 16.8 Å². The molecule has 0 aliphatic heterocycles. The van der Waals surface area contributed by atoms with E-state index in [2.05, 4.69) is 85.1 Å². The summed E-state index contributed by atoms with van der Waals surface area (Å²) in [6.07, 6.45) is 5.39. The second-order valence-corrected chi connectivity index (χ2v) is 6.80. The van der Waals surface area contributed by atoms with Crippen molar-refractivity contribution in [3.8, 4) is 0 Å². The molecule has 0 unspecified atom stereocenters. The van der Waals surface area contributed by atoms with Gasteiger partial charge in [-0.05, 0) is 58.5 Å². The third-order valence-electron chi connectivity index (χ3n) is 5.02. The molecule has 0 amide bonds. The third-order valence-corrected chi connectivity index (χ3v) is 5.02.